The van der Waals surface area contributed by atoms with Crippen LogP contribution in [-0.4, -0.2) is 37.1 Å². The van der Waals surface area contributed by atoms with Gasteiger partial charge in [0.15, 0.2) is 0 Å². The van der Waals surface area contributed by atoms with Crippen molar-refractivity contribution in [3.63, 3.8) is 0 Å². The second-order valence-corrected chi connectivity index (χ2v) is 4.95. The van der Waals surface area contributed by atoms with Crippen LogP contribution in [0.4, 0.5) is 0 Å². The lowest BCUT2D eigenvalue weighted by Gasteiger charge is -2.38. The van der Waals surface area contributed by atoms with Gasteiger partial charge in [0.25, 0.3) is 0 Å². The van der Waals surface area contributed by atoms with E-state index in [2.05, 4.69) is 24.1 Å². The summed E-state index contributed by atoms with van der Waals surface area (Å²) in [7, 11) is 0. The van der Waals surface area contributed by atoms with E-state index in [4.69, 9.17) is 0 Å². The SMILES string of the molecule is CC(C)C1CNCCN1CC1CC1. The Morgan fingerprint density at radius 2 is 2.15 bits per heavy atom. The van der Waals surface area contributed by atoms with Gasteiger partial charge in [0.05, 0.1) is 0 Å². The minimum Gasteiger partial charge on any atom is -0.314 e. The number of rotatable bonds is 3. The average Bonchev–Trinajstić information content (AvgIpc) is 2.89. The first-order valence-electron chi connectivity index (χ1n) is 5.72. The second-order valence-electron chi connectivity index (χ2n) is 4.95. The van der Waals surface area contributed by atoms with Crippen LogP contribution >= 0.6 is 0 Å². The summed E-state index contributed by atoms with van der Waals surface area (Å²) in [5.41, 5.74) is 0. The van der Waals surface area contributed by atoms with E-state index >= 15 is 0 Å². The quantitative estimate of drug-likeness (QED) is 0.708. The lowest BCUT2D eigenvalue weighted by molar-refractivity contribution is 0.119. The molecule has 1 atom stereocenters. The summed E-state index contributed by atoms with van der Waals surface area (Å²) >= 11 is 0. The molecule has 1 saturated heterocycles. The van der Waals surface area contributed by atoms with Crippen molar-refractivity contribution in [2.45, 2.75) is 32.7 Å². The van der Waals surface area contributed by atoms with Crippen LogP contribution in [-0.2, 0) is 0 Å². The molecule has 76 valence electrons. The molecule has 0 aromatic rings. The molecule has 1 aliphatic carbocycles. The molecule has 1 heterocycles. The number of hydrogen-bond donors (Lipinski definition) is 1. The molecule has 2 nitrogen and oxygen atoms in total. The van der Waals surface area contributed by atoms with E-state index in [9.17, 15) is 0 Å². The van der Waals surface area contributed by atoms with Crippen molar-refractivity contribution in [2.24, 2.45) is 11.8 Å². The molecule has 2 fully saturated rings. The van der Waals surface area contributed by atoms with Crippen LogP contribution in [0.15, 0.2) is 0 Å². The van der Waals surface area contributed by atoms with E-state index in [-0.39, 0.29) is 0 Å². The van der Waals surface area contributed by atoms with Gasteiger partial charge in [0, 0.05) is 32.2 Å². The molecule has 1 N–H and O–H groups in total. The summed E-state index contributed by atoms with van der Waals surface area (Å²) in [6.45, 7) is 9.71. The highest BCUT2D eigenvalue weighted by atomic mass is 15.2. The smallest absolute Gasteiger partial charge is 0.0244 e. The van der Waals surface area contributed by atoms with Crippen LogP contribution in [0.2, 0.25) is 0 Å². The van der Waals surface area contributed by atoms with E-state index in [0.717, 1.165) is 17.9 Å². The Labute approximate surface area is 81.7 Å². The molecule has 0 radical (unpaired) electrons. The van der Waals surface area contributed by atoms with Gasteiger partial charge in [-0.3, -0.25) is 4.90 Å². The van der Waals surface area contributed by atoms with Crippen LogP contribution in [0.3, 0.4) is 0 Å². The molecule has 1 saturated carbocycles. The van der Waals surface area contributed by atoms with Gasteiger partial charge >= 0.3 is 0 Å². The third-order valence-corrected chi connectivity index (χ3v) is 3.36. The number of nitrogens with one attached hydrogen (secondary N) is 1. The zero-order chi connectivity index (χ0) is 9.26. The fourth-order valence-corrected chi connectivity index (χ4v) is 2.28. The molecule has 2 rings (SSSR count). The summed E-state index contributed by atoms with van der Waals surface area (Å²) in [6.07, 6.45) is 2.96. The molecule has 2 heteroatoms. The van der Waals surface area contributed by atoms with Crippen molar-refractivity contribution >= 4 is 0 Å². The average molecular weight is 182 g/mol. The number of piperazine rings is 1. The Bertz CT molecular complexity index is 163. The lowest BCUT2D eigenvalue weighted by Crippen LogP contribution is -2.53. The van der Waals surface area contributed by atoms with Gasteiger partial charge in [-0.25, -0.2) is 0 Å². The van der Waals surface area contributed by atoms with Gasteiger partial charge in [-0.05, 0) is 24.7 Å². The summed E-state index contributed by atoms with van der Waals surface area (Å²) in [4.78, 5) is 2.71. The maximum absolute atomic E-state index is 3.50. The van der Waals surface area contributed by atoms with Crippen LogP contribution in [0.1, 0.15) is 26.7 Å². The molecule has 0 aromatic heterocycles. The monoisotopic (exact) mass is 182 g/mol. The van der Waals surface area contributed by atoms with Crippen molar-refractivity contribution in [1.82, 2.24) is 10.2 Å². The predicted molar refractivity (Wildman–Crippen MR) is 55.8 cm³/mol. The first kappa shape index (κ1) is 9.47. The van der Waals surface area contributed by atoms with Crippen LogP contribution in [0.25, 0.3) is 0 Å². The summed E-state index contributed by atoms with van der Waals surface area (Å²) in [6, 6.07) is 0.786. The molecule has 1 unspecified atom stereocenters. The number of hydrogen-bond acceptors (Lipinski definition) is 2. The third kappa shape index (κ3) is 2.44. The molecule has 0 spiro atoms. The standard InChI is InChI=1S/C11H22N2/c1-9(2)11-7-12-5-6-13(11)8-10-3-4-10/h9-12H,3-8H2,1-2H3. The Morgan fingerprint density at radius 1 is 1.38 bits per heavy atom. The minimum atomic E-state index is 0.786. The van der Waals surface area contributed by atoms with Gasteiger partial charge in [0.2, 0.25) is 0 Å². The summed E-state index contributed by atoms with van der Waals surface area (Å²) in [5.74, 6) is 1.84. The lowest BCUT2D eigenvalue weighted by atomic mass is 10.0. The maximum atomic E-state index is 3.50. The Hall–Kier alpha value is -0.0800. The topological polar surface area (TPSA) is 15.3 Å². The minimum absolute atomic E-state index is 0.786. The molecule has 0 amide bonds. The number of nitrogens with zero attached hydrogens (tertiary/aromatic N) is 1. The van der Waals surface area contributed by atoms with Crippen molar-refractivity contribution in [3.05, 3.63) is 0 Å². The summed E-state index contributed by atoms with van der Waals surface area (Å²) < 4.78 is 0. The summed E-state index contributed by atoms with van der Waals surface area (Å²) in [5, 5.41) is 3.50. The fraction of sp³-hybridized carbons (Fsp3) is 1.00. The molecule has 0 aromatic carbocycles. The molecule has 13 heavy (non-hydrogen) atoms. The molecular formula is C11H22N2. The zero-order valence-electron chi connectivity index (χ0n) is 8.92. The van der Waals surface area contributed by atoms with Gasteiger partial charge in [-0.2, -0.15) is 0 Å². The van der Waals surface area contributed by atoms with Crippen LogP contribution < -0.4 is 5.32 Å². The van der Waals surface area contributed by atoms with E-state index in [1.165, 1.54) is 39.0 Å². The first-order valence-corrected chi connectivity index (χ1v) is 5.72. The van der Waals surface area contributed by atoms with Gasteiger partial charge < -0.3 is 5.32 Å². The normalized spacial score (nSPS) is 31.2. The fourth-order valence-electron chi connectivity index (χ4n) is 2.28. The Balaban J connectivity index is 1.87. The zero-order valence-corrected chi connectivity index (χ0v) is 8.92. The van der Waals surface area contributed by atoms with E-state index in [1.54, 1.807) is 0 Å². The van der Waals surface area contributed by atoms with E-state index in [0.29, 0.717) is 0 Å². The van der Waals surface area contributed by atoms with E-state index < -0.39 is 0 Å². The largest absolute Gasteiger partial charge is 0.314 e. The highest BCUT2D eigenvalue weighted by molar-refractivity contribution is 4.86. The highest BCUT2D eigenvalue weighted by Crippen LogP contribution is 2.31. The second kappa shape index (κ2) is 3.97. The molecule has 1 aliphatic heterocycles. The third-order valence-electron chi connectivity index (χ3n) is 3.36. The van der Waals surface area contributed by atoms with E-state index in [1.807, 2.05) is 0 Å². The first-order chi connectivity index (χ1) is 6.27. The highest BCUT2D eigenvalue weighted by Gasteiger charge is 2.30. The van der Waals surface area contributed by atoms with Gasteiger partial charge in [-0.1, -0.05) is 13.8 Å². The molecule has 2 aliphatic rings. The Morgan fingerprint density at radius 3 is 2.77 bits per heavy atom. The van der Waals surface area contributed by atoms with Crippen molar-refractivity contribution in [3.8, 4) is 0 Å². The maximum Gasteiger partial charge on any atom is 0.0244 e. The predicted octanol–water partition coefficient (Wildman–Crippen LogP) is 1.33. The van der Waals surface area contributed by atoms with Crippen molar-refractivity contribution < 1.29 is 0 Å². The Kier molecular flexibility index (Phi) is 2.89. The molecular weight excluding hydrogens is 160 g/mol. The van der Waals surface area contributed by atoms with Crippen molar-refractivity contribution in [2.75, 3.05) is 26.2 Å². The van der Waals surface area contributed by atoms with Crippen LogP contribution in [0.5, 0.6) is 0 Å². The van der Waals surface area contributed by atoms with Crippen molar-refractivity contribution in [1.29, 1.82) is 0 Å². The van der Waals surface area contributed by atoms with Gasteiger partial charge in [0.1, 0.15) is 0 Å². The molecule has 0 bridgehead atoms. The van der Waals surface area contributed by atoms with Crippen LogP contribution in [0, 0.1) is 11.8 Å². The van der Waals surface area contributed by atoms with Gasteiger partial charge in [-0.15, -0.1) is 0 Å².